The predicted octanol–water partition coefficient (Wildman–Crippen LogP) is 3.58. The maximum atomic E-state index is 10.5. The zero-order chi connectivity index (χ0) is 13.0. The van der Waals surface area contributed by atoms with Crippen molar-refractivity contribution in [2.75, 3.05) is 13.6 Å². The highest BCUT2D eigenvalue weighted by Crippen LogP contribution is 2.28. The van der Waals surface area contributed by atoms with Gasteiger partial charge in [0.15, 0.2) is 0 Å². The Bertz CT molecular complexity index is 371. The van der Waals surface area contributed by atoms with Crippen molar-refractivity contribution in [3.8, 4) is 0 Å². The first-order valence-electron chi connectivity index (χ1n) is 6.73. The SMILES string of the molecule is CN(Cc1ccc(Br)cc1)CC1(O)CCCCC1. The van der Waals surface area contributed by atoms with Gasteiger partial charge in [-0.25, -0.2) is 0 Å². The zero-order valence-corrected chi connectivity index (χ0v) is 12.6. The Morgan fingerprint density at radius 2 is 1.78 bits per heavy atom. The highest BCUT2D eigenvalue weighted by molar-refractivity contribution is 9.10. The lowest BCUT2D eigenvalue weighted by atomic mass is 9.84. The molecule has 0 atom stereocenters. The van der Waals surface area contributed by atoms with E-state index in [-0.39, 0.29) is 0 Å². The topological polar surface area (TPSA) is 23.5 Å². The van der Waals surface area contributed by atoms with Crippen LogP contribution in [-0.2, 0) is 6.54 Å². The van der Waals surface area contributed by atoms with Crippen LogP contribution in [0.1, 0.15) is 37.7 Å². The summed E-state index contributed by atoms with van der Waals surface area (Å²) in [5.41, 5.74) is 0.836. The number of halogens is 1. The summed E-state index contributed by atoms with van der Waals surface area (Å²) >= 11 is 3.45. The molecular formula is C15H22BrNO. The Morgan fingerprint density at radius 1 is 1.17 bits per heavy atom. The van der Waals surface area contributed by atoms with Crippen molar-refractivity contribution >= 4 is 15.9 Å². The van der Waals surface area contributed by atoms with E-state index in [1.54, 1.807) is 0 Å². The van der Waals surface area contributed by atoms with E-state index in [0.717, 1.165) is 30.4 Å². The van der Waals surface area contributed by atoms with Crippen LogP contribution in [0.15, 0.2) is 28.7 Å². The fourth-order valence-corrected chi connectivity index (χ4v) is 3.09. The lowest BCUT2D eigenvalue weighted by molar-refractivity contribution is -0.0223. The van der Waals surface area contributed by atoms with E-state index >= 15 is 0 Å². The van der Waals surface area contributed by atoms with Crippen LogP contribution in [0.25, 0.3) is 0 Å². The number of benzene rings is 1. The second-order valence-corrected chi connectivity index (χ2v) is 6.50. The second-order valence-electron chi connectivity index (χ2n) is 5.58. The van der Waals surface area contributed by atoms with Crippen molar-refractivity contribution in [3.05, 3.63) is 34.3 Å². The Kier molecular flexibility index (Phi) is 4.82. The Balaban J connectivity index is 1.87. The van der Waals surface area contributed by atoms with Crippen LogP contribution in [0.5, 0.6) is 0 Å². The average Bonchev–Trinajstić information content (AvgIpc) is 2.32. The molecule has 0 unspecified atom stereocenters. The van der Waals surface area contributed by atoms with E-state index in [4.69, 9.17) is 0 Å². The third-order valence-corrected chi connectivity index (χ3v) is 4.24. The standard InChI is InChI=1S/C15H22BrNO/c1-17(11-13-5-7-14(16)8-6-13)12-15(18)9-3-2-4-10-15/h5-8,18H,2-4,9-12H2,1H3. The molecule has 0 amide bonds. The van der Waals surface area contributed by atoms with Gasteiger partial charge in [0.25, 0.3) is 0 Å². The van der Waals surface area contributed by atoms with E-state index < -0.39 is 5.60 Å². The van der Waals surface area contributed by atoms with Crippen LogP contribution < -0.4 is 0 Å². The van der Waals surface area contributed by atoms with Crippen molar-refractivity contribution < 1.29 is 5.11 Å². The van der Waals surface area contributed by atoms with Gasteiger partial charge in [0, 0.05) is 17.6 Å². The fourth-order valence-electron chi connectivity index (χ4n) is 2.83. The predicted molar refractivity (Wildman–Crippen MR) is 78.5 cm³/mol. The number of aliphatic hydroxyl groups is 1. The molecule has 2 rings (SSSR count). The minimum Gasteiger partial charge on any atom is -0.389 e. The third kappa shape index (κ3) is 4.08. The summed E-state index contributed by atoms with van der Waals surface area (Å²) in [5, 5.41) is 10.5. The van der Waals surface area contributed by atoms with Gasteiger partial charge in [-0.2, -0.15) is 0 Å². The molecule has 1 aromatic carbocycles. The first kappa shape index (κ1) is 14.0. The van der Waals surface area contributed by atoms with E-state index in [0.29, 0.717) is 0 Å². The molecule has 18 heavy (non-hydrogen) atoms. The molecule has 0 radical (unpaired) electrons. The number of rotatable bonds is 4. The molecule has 1 saturated carbocycles. The van der Waals surface area contributed by atoms with Gasteiger partial charge in [-0.15, -0.1) is 0 Å². The van der Waals surface area contributed by atoms with Crippen molar-refractivity contribution in [2.45, 2.75) is 44.2 Å². The summed E-state index contributed by atoms with van der Waals surface area (Å²) < 4.78 is 1.11. The average molecular weight is 312 g/mol. The Morgan fingerprint density at radius 3 is 2.39 bits per heavy atom. The van der Waals surface area contributed by atoms with Crippen LogP contribution in [-0.4, -0.2) is 29.2 Å². The molecule has 1 fully saturated rings. The van der Waals surface area contributed by atoms with Crippen molar-refractivity contribution in [1.29, 1.82) is 0 Å². The van der Waals surface area contributed by atoms with Crippen molar-refractivity contribution in [1.82, 2.24) is 4.90 Å². The summed E-state index contributed by atoms with van der Waals surface area (Å²) in [6.45, 7) is 1.68. The summed E-state index contributed by atoms with van der Waals surface area (Å²) in [7, 11) is 2.09. The molecule has 2 nitrogen and oxygen atoms in total. The summed E-state index contributed by atoms with van der Waals surface area (Å²) in [4.78, 5) is 2.23. The highest BCUT2D eigenvalue weighted by Gasteiger charge is 2.30. The van der Waals surface area contributed by atoms with Gasteiger partial charge in [-0.05, 0) is 37.6 Å². The molecule has 0 aromatic heterocycles. The molecule has 0 aliphatic heterocycles. The largest absolute Gasteiger partial charge is 0.389 e. The fraction of sp³-hybridized carbons (Fsp3) is 0.600. The van der Waals surface area contributed by atoms with Gasteiger partial charge in [0.2, 0.25) is 0 Å². The van der Waals surface area contributed by atoms with Crippen LogP contribution in [0.3, 0.4) is 0 Å². The van der Waals surface area contributed by atoms with Crippen LogP contribution in [0.2, 0.25) is 0 Å². The molecule has 1 N–H and O–H groups in total. The third-order valence-electron chi connectivity index (χ3n) is 3.71. The van der Waals surface area contributed by atoms with Crippen LogP contribution in [0, 0.1) is 0 Å². The Labute approximate surface area is 118 Å². The summed E-state index contributed by atoms with van der Waals surface area (Å²) in [5.74, 6) is 0. The number of hydrogen-bond donors (Lipinski definition) is 1. The van der Waals surface area contributed by atoms with E-state index in [2.05, 4.69) is 52.1 Å². The first-order chi connectivity index (χ1) is 8.57. The molecule has 1 aromatic rings. The number of likely N-dealkylation sites (N-methyl/N-ethyl adjacent to an activating group) is 1. The minimum absolute atomic E-state index is 0.456. The lowest BCUT2D eigenvalue weighted by Gasteiger charge is -2.35. The second kappa shape index (κ2) is 6.18. The number of hydrogen-bond acceptors (Lipinski definition) is 2. The summed E-state index contributed by atoms with van der Waals surface area (Å²) in [6, 6.07) is 8.40. The lowest BCUT2D eigenvalue weighted by Crippen LogP contribution is -2.42. The zero-order valence-electron chi connectivity index (χ0n) is 11.0. The van der Waals surface area contributed by atoms with Crippen LogP contribution in [0.4, 0.5) is 0 Å². The van der Waals surface area contributed by atoms with Gasteiger partial charge in [0.1, 0.15) is 0 Å². The molecular weight excluding hydrogens is 290 g/mol. The monoisotopic (exact) mass is 311 g/mol. The maximum absolute atomic E-state index is 10.5. The van der Waals surface area contributed by atoms with E-state index in [9.17, 15) is 5.11 Å². The van der Waals surface area contributed by atoms with Gasteiger partial charge in [0.05, 0.1) is 5.60 Å². The molecule has 0 bridgehead atoms. The van der Waals surface area contributed by atoms with Crippen molar-refractivity contribution in [2.24, 2.45) is 0 Å². The first-order valence-corrected chi connectivity index (χ1v) is 7.52. The maximum Gasteiger partial charge on any atom is 0.0774 e. The molecule has 100 valence electrons. The van der Waals surface area contributed by atoms with E-state index in [1.807, 2.05) is 0 Å². The molecule has 0 spiro atoms. The molecule has 0 heterocycles. The number of nitrogens with zero attached hydrogens (tertiary/aromatic N) is 1. The van der Waals surface area contributed by atoms with Gasteiger partial charge < -0.3 is 5.11 Å². The normalized spacial score (nSPS) is 19.1. The molecule has 1 aliphatic carbocycles. The molecule has 1 aliphatic rings. The van der Waals surface area contributed by atoms with Gasteiger partial charge >= 0.3 is 0 Å². The molecule has 0 saturated heterocycles. The van der Waals surface area contributed by atoms with Crippen LogP contribution >= 0.6 is 15.9 Å². The van der Waals surface area contributed by atoms with Gasteiger partial charge in [-0.1, -0.05) is 47.3 Å². The molecule has 3 heteroatoms. The Hall–Kier alpha value is -0.380. The quantitative estimate of drug-likeness (QED) is 0.918. The smallest absolute Gasteiger partial charge is 0.0774 e. The van der Waals surface area contributed by atoms with Crippen molar-refractivity contribution in [3.63, 3.8) is 0 Å². The summed E-state index contributed by atoms with van der Waals surface area (Å²) in [6.07, 6.45) is 5.53. The van der Waals surface area contributed by atoms with Gasteiger partial charge in [-0.3, -0.25) is 4.90 Å². The highest BCUT2D eigenvalue weighted by atomic mass is 79.9. The minimum atomic E-state index is -0.456. The van der Waals surface area contributed by atoms with E-state index in [1.165, 1.54) is 24.8 Å².